The number of hydrogen-bond acceptors (Lipinski definition) is 8. The molecule has 1 unspecified atom stereocenters. The Hall–Kier alpha value is -4.08. The molecule has 0 radical (unpaired) electrons. The molecule has 3 fully saturated rings. The highest BCUT2D eigenvalue weighted by Crippen LogP contribution is 2.53. The molecule has 0 saturated heterocycles. The van der Waals surface area contributed by atoms with Gasteiger partial charge in [-0.2, -0.15) is 5.10 Å². The Morgan fingerprint density at radius 1 is 0.952 bits per heavy atom. The van der Waals surface area contributed by atoms with Crippen molar-refractivity contribution in [3.8, 4) is 5.75 Å². The second-order valence-electron chi connectivity index (χ2n) is 12.2. The summed E-state index contributed by atoms with van der Waals surface area (Å²) >= 11 is 0. The van der Waals surface area contributed by atoms with E-state index in [2.05, 4.69) is 57.4 Å². The molecule has 1 atom stereocenters. The number of nitrogen functional groups attached to an aromatic ring is 3. The van der Waals surface area contributed by atoms with Gasteiger partial charge < -0.3 is 27.3 Å². The molecule has 9 nitrogen and oxygen atoms in total. The Morgan fingerprint density at radius 3 is 2.43 bits per heavy atom. The number of phenols is 1. The van der Waals surface area contributed by atoms with Gasteiger partial charge in [0.25, 0.3) is 0 Å². The lowest BCUT2D eigenvalue weighted by Gasteiger charge is -2.54. The number of nitrogens with zero attached hydrogens (tertiary/aromatic N) is 3. The molecule has 2 aromatic heterocycles. The highest BCUT2D eigenvalue weighted by molar-refractivity contribution is 5.70. The summed E-state index contributed by atoms with van der Waals surface area (Å²) in [6.45, 7) is 1.55. The predicted molar refractivity (Wildman–Crippen MR) is 168 cm³/mol. The fourth-order valence-electron chi connectivity index (χ4n) is 7.29. The predicted octanol–water partition coefficient (Wildman–Crippen LogP) is 4.83. The summed E-state index contributed by atoms with van der Waals surface area (Å²) < 4.78 is 1.95. The molecule has 0 aliphatic heterocycles. The molecule has 0 spiro atoms. The normalized spacial score (nSPS) is 22.2. The van der Waals surface area contributed by atoms with Crippen LogP contribution in [0.25, 0.3) is 0 Å². The first kappa shape index (κ1) is 28.1. The number of benzene rings is 2. The van der Waals surface area contributed by atoms with Crippen molar-refractivity contribution in [3.05, 3.63) is 95.3 Å². The number of hydrogen-bond donors (Lipinski definition) is 6. The van der Waals surface area contributed by atoms with Crippen LogP contribution >= 0.6 is 0 Å². The Bertz CT molecular complexity index is 1490. The van der Waals surface area contributed by atoms with Crippen LogP contribution in [0.2, 0.25) is 0 Å². The van der Waals surface area contributed by atoms with Crippen LogP contribution in [0.4, 0.5) is 17.3 Å². The number of fused-ring (bicyclic) bond motifs is 3. The minimum atomic E-state index is -0.0311. The summed E-state index contributed by atoms with van der Waals surface area (Å²) in [6, 6.07) is 20.3. The van der Waals surface area contributed by atoms with E-state index < -0.39 is 0 Å². The van der Waals surface area contributed by atoms with Crippen molar-refractivity contribution >= 4 is 17.3 Å². The minimum absolute atomic E-state index is 0.0311. The fraction of sp³-hybridized carbons (Fsp3) is 0.394. The molecular formula is C33H42N8O. The van der Waals surface area contributed by atoms with Crippen LogP contribution in [0.1, 0.15) is 73.1 Å². The van der Waals surface area contributed by atoms with Crippen LogP contribution in [0, 0.1) is 0 Å². The van der Waals surface area contributed by atoms with Crippen molar-refractivity contribution in [3.63, 3.8) is 0 Å². The van der Waals surface area contributed by atoms with Gasteiger partial charge in [0.05, 0.1) is 11.9 Å². The first-order valence-electron chi connectivity index (χ1n) is 15.0. The van der Waals surface area contributed by atoms with Crippen LogP contribution in [-0.4, -0.2) is 32.0 Å². The Balaban J connectivity index is 1.17. The van der Waals surface area contributed by atoms with Gasteiger partial charge in [-0.3, -0.25) is 4.68 Å². The number of aromatic hydroxyl groups is 1. The molecule has 9 N–H and O–H groups in total. The molecule has 9 heteroatoms. The quantitative estimate of drug-likeness (QED) is 0.111. The SMILES string of the molecule is NNc1nc(N)cc(C(CCNC23CCC(c4ccccc4)(CC2)CC3)c2cnn(CCc3cccc(O)c3)c2)c1N. The summed E-state index contributed by atoms with van der Waals surface area (Å²) in [4.78, 5) is 4.28. The molecule has 42 heavy (non-hydrogen) atoms. The van der Waals surface area contributed by atoms with Crippen LogP contribution in [-0.2, 0) is 18.4 Å². The average molecular weight is 567 g/mol. The first-order chi connectivity index (χ1) is 20.4. The van der Waals surface area contributed by atoms with Gasteiger partial charge in [0.15, 0.2) is 5.82 Å². The van der Waals surface area contributed by atoms with E-state index in [1.54, 1.807) is 12.1 Å². The minimum Gasteiger partial charge on any atom is -0.508 e. The van der Waals surface area contributed by atoms with Gasteiger partial charge in [0.2, 0.25) is 0 Å². The Morgan fingerprint density at radius 2 is 1.71 bits per heavy atom. The maximum atomic E-state index is 9.81. The third kappa shape index (κ3) is 5.67. The number of nitrogens with one attached hydrogen (secondary N) is 2. The van der Waals surface area contributed by atoms with E-state index in [1.807, 2.05) is 29.1 Å². The third-order valence-corrected chi connectivity index (χ3v) is 9.78. The standard InChI is InChI=1S/C33H42N8O/c34-29-20-28(30(35)31(39-29)40-36)27(24-21-38-41(22-24)18-10-23-5-4-8-26(42)19-23)9-17-37-33-14-11-32(12-15-33,13-16-33)25-6-2-1-3-7-25/h1-8,19-22,27,37,42H,9-18,35-36H2,(H3,34,39,40). The van der Waals surface area contributed by atoms with E-state index in [1.165, 1.54) is 44.1 Å². The number of hydrazine groups is 1. The van der Waals surface area contributed by atoms with Gasteiger partial charge in [0, 0.05) is 24.2 Å². The van der Waals surface area contributed by atoms with E-state index in [-0.39, 0.29) is 17.2 Å². The topological polar surface area (TPSA) is 153 Å². The summed E-state index contributed by atoms with van der Waals surface area (Å²) in [5.41, 5.74) is 20.9. The van der Waals surface area contributed by atoms with Gasteiger partial charge in [0.1, 0.15) is 11.6 Å². The smallest absolute Gasteiger partial charge is 0.165 e. The van der Waals surface area contributed by atoms with E-state index in [9.17, 15) is 5.11 Å². The summed E-state index contributed by atoms with van der Waals surface area (Å²) in [5.74, 6) is 6.73. The maximum absolute atomic E-state index is 9.81. The van der Waals surface area contributed by atoms with Gasteiger partial charge in [-0.15, -0.1) is 0 Å². The number of phenolic OH excluding ortho intramolecular Hbond substituents is 1. The maximum Gasteiger partial charge on any atom is 0.165 e. The zero-order valence-corrected chi connectivity index (χ0v) is 24.1. The Kier molecular flexibility index (Phi) is 7.79. The summed E-state index contributed by atoms with van der Waals surface area (Å²) in [7, 11) is 0. The van der Waals surface area contributed by atoms with Crippen LogP contribution in [0.5, 0.6) is 5.75 Å². The monoisotopic (exact) mass is 566 g/mol. The van der Waals surface area contributed by atoms with Crippen LogP contribution in [0.3, 0.4) is 0 Å². The van der Waals surface area contributed by atoms with E-state index >= 15 is 0 Å². The first-order valence-corrected chi connectivity index (χ1v) is 15.0. The van der Waals surface area contributed by atoms with Gasteiger partial charge in [-0.1, -0.05) is 42.5 Å². The molecular weight excluding hydrogens is 524 g/mol. The molecule has 0 amide bonds. The molecule has 4 aromatic rings. The third-order valence-electron chi connectivity index (χ3n) is 9.78. The second-order valence-corrected chi connectivity index (χ2v) is 12.2. The number of aromatic nitrogens is 3. The van der Waals surface area contributed by atoms with E-state index in [0.717, 1.165) is 36.1 Å². The zero-order chi connectivity index (χ0) is 29.2. The van der Waals surface area contributed by atoms with Gasteiger partial charge >= 0.3 is 0 Å². The molecule has 2 heterocycles. The number of rotatable bonds is 11. The van der Waals surface area contributed by atoms with Crippen molar-refractivity contribution in [2.75, 3.05) is 23.4 Å². The molecule has 3 aliphatic rings. The summed E-state index contributed by atoms with van der Waals surface area (Å²) in [6.07, 6.45) is 12.9. The molecule has 2 bridgehead atoms. The van der Waals surface area contributed by atoms with Crippen molar-refractivity contribution in [1.29, 1.82) is 0 Å². The second kappa shape index (κ2) is 11.7. The number of aryl methyl sites for hydroxylation is 2. The van der Waals surface area contributed by atoms with E-state index in [4.69, 9.17) is 17.3 Å². The molecule has 220 valence electrons. The number of pyridine rings is 1. The lowest BCUT2D eigenvalue weighted by Crippen LogP contribution is -2.56. The lowest BCUT2D eigenvalue weighted by molar-refractivity contribution is 0.0770. The molecule has 7 rings (SSSR count). The van der Waals surface area contributed by atoms with Crippen molar-refractivity contribution in [1.82, 2.24) is 20.1 Å². The number of anilines is 3. The van der Waals surface area contributed by atoms with Gasteiger partial charge in [-0.25, -0.2) is 10.8 Å². The van der Waals surface area contributed by atoms with Crippen LogP contribution in [0.15, 0.2) is 73.1 Å². The van der Waals surface area contributed by atoms with Crippen LogP contribution < -0.4 is 28.1 Å². The van der Waals surface area contributed by atoms with Crippen molar-refractivity contribution in [2.45, 2.75) is 74.8 Å². The average Bonchev–Trinajstić information content (AvgIpc) is 3.49. The molecule has 2 aromatic carbocycles. The lowest BCUT2D eigenvalue weighted by atomic mass is 9.55. The fourth-order valence-corrected chi connectivity index (χ4v) is 7.29. The van der Waals surface area contributed by atoms with E-state index in [0.29, 0.717) is 29.3 Å². The highest BCUT2D eigenvalue weighted by Gasteiger charge is 2.48. The highest BCUT2D eigenvalue weighted by atomic mass is 16.3. The van der Waals surface area contributed by atoms with Gasteiger partial charge in [-0.05, 0) is 104 Å². The number of nitrogens with two attached hydrogens (primary N) is 3. The van der Waals surface area contributed by atoms with Crippen molar-refractivity contribution < 1.29 is 5.11 Å². The van der Waals surface area contributed by atoms with Crippen molar-refractivity contribution in [2.24, 2.45) is 5.84 Å². The molecule has 3 saturated carbocycles. The molecule has 3 aliphatic carbocycles. The summed E-state index contributed by atoms with van der Waals surface area (Å²) in [5, 5.41) is 18.5. The zero-order valence-electron chi connectivity index (χ0n) is 24.1. The largest absolute Gasteiger partial charge is 0.508 e. The Labute approximate surface area is 247 Å².